The summed E-state index contributed by atoms with van der Waals surface area (Å²) in [5, 5.41) is 4.04. The molecule has 3 amide bonds. The van der Waals surface area contributed by atoms with Crippen molar-refractivity contribution in [3.63, 3.8) is 0 Å². The Morgan fingerprint density at radius 2 is 1.50 bits per heavy atom. The SMILES string of the molecule is O=C(Cc1cccs1)N(CCN1CCN(C(=O)Nc2cc(C(F)(F)F)cc(C(F)(F)F)c2)CC1)Cc1ccc(F)cc1. The molecule has 1 N–H and O–H groups in total. The number of urea groups is 1. The maximum atomic E-state index is 13.4. The van der Waals surface area contributed by atoms with Crippen LogP contribution < -0.4 is 5.32 Å². The smallest absolute Gasteiger partial charge is 0.337 e. The van der Waals surface area contributed by atoms with E-state index in [1.165, 1.54) is 28.4 Å². The number of amides is 3. The van der Waals surface area contributed by atoms with Gasteiger partial charge in [-0.15, -0.1) is 11.3 Å². The van der Waals surface area contributed by atoms with Crippen LogP contribution in [0.15, 0.2) is 60.0 Å². The number of anilines is 1. The van der Waals surface area contributed by atoms with Gasteiger partial charge in [0.2, 0.25) is 5.91 Å². The van der Waals surface area contributed by atoms with E-state index >= 15 is 0 Å². The summed E-state index contributed by atoms with van der Waals surface area (Å²) in [7, 11) is 0. The van der Waals surface area contributed by atoms with E-state index < -0.39 is 35.2 Å². The van der Waals surface area contributed by atoms with Crippen molar-refractivity contribution in [3.05, 3.63) is 87.4 Å². The van der Waals surface area contributed by atoms with E-state index in [2.05, 4.69) is 5.32 Å². The van der Waals surface area contributed by atoms with Crippen molar-refractivity contribution < 1.29 is 40.3 Å². The number of piperazine rings is 1. The van der Waals surface area contributed by atoms with Crippen molar-refractivity contribution in [3.8, 4) is 0 Å². The Labute approximate surface area is 241 Å². The molecule has 2 aromatic carbocycles. The minimum absolute atomic E-state index is 0.00102. The molecule has 1 aromatic heterocycles. The fourth-order valence-electron chi connectivity index (χ4n) is 4.44. The van der Waals surface area contributed by atoms with Crippen LogP contribution >= 0.6 is 11.3 Å². The molecule has 226 valence electrons. The maximum Gasteiger partial charge on any atom is 0.416 e. The number of thiophene rings is 1. The van der Waals surface area contributed by atoms with Crippen LogP contribution in [0.2, 0.25) is 0 Å². The van der Waals surface area contributed by atoms with Gasteiger partial charge >= 0.3 is 18.4 Å². The fraction of sp³-hybridized carbons (Fsp3) is 0.357. The highest BCUT2D eigenvalue weighted by Crippen LogP contribution is 2.37. The van der Waals surface area contributed by atoms with Gasteiger partial charge in [0.05, 0.1) is 17.5 Å². The highest BCUT2D eigenvalue weighted by Gasteiger charge is 2.37. The fourth-order valence-corrected chi connectivity index (χ4v) is 5.14. The van der Waals surface area contributed by atoms with Gasteiger partial charge in [-0.1, -0.05) is 18.2 Å². The zero-order valence-electron chi connectivity index (χ0n) is 22.1. The number of benzene rings is 2. The number of carbonyl (C=O) groups excluding carboxylic acids is 2. The summed E-state index contributed by atoms with van der Waals surface area (Å²) in [5.74, 6) is -0.481. The third kappa shape index (κ3) is 8.68. The van der Waals surface area contributed by atoms with Gasteiger partial charge in [-0.3, -0.25) is 9.69 Å². The first-order valence-corrected chi connectivity index (χ1v) is 13.8. The molecule has 1 aliphatic rings. The molecule has 2 heterocycles. The average Bonchev–Trinajstić information content (AvgIpc) is 3.44. The lowest BCUT2D eigenvalue weighted by atomic mass is 10.1. The molecule has 3 aromatic rings. The minimum atomic E-state index is -5.03. The Morgan fingerprint density at radius 3 is 2.05 bits per heavy atom. The summed E-state index contributed by atoms with van der Waals surface area (Å²) >= 11 is 1.47. The Morgan fingerprint density at radius 1 is 0.881 bits per heavy atom. The van der Waals surface area contributed by atoms with Gasteiger partial charge in [0, 0.05) is 56.4 Å². The number of nitrogens with zero attached hydrogens (tertiary/aromatic N) is 3. The van der Waals surface area contributed by atoms with E-state index in [1.54, 1.807) is 17.0 Å². The summed E-state index contributed by atoms with van der Waals surface area (Å²) < 4.78 is 92.2. The van der Waals surface area contributed by atoms with Gasteiger partial charge in [0.25, 0.3) is 0 Å². The first-order valence-electron chi connectivity index (χ1n) is 12.9. The first kappa shape index (κ1) is 31.3. The zero-order chi connectivity index (χ0) is 30.5. The topological polar surface area (TPSA) is 55.9 Å². The molecule has 6 nitrogen and oxygen atoms in total. The lowest BCUT2D eigenvalue weighted by molar-refractivity contribution is -0.143. The molecule has 0 spiro atoms. The van der Waals surface area contributed by atoms with Crippen molar-refractivity contribution in [2.75, 3.05) is 44.6 Å². The van der Waals surface area contributed by atoms with Gasteiger partial charge < -0.3 is 15.1 Å². The highest BCUT2D eigenvalue weighted by atomic mass is 32.1. The van der Waals surface area contributed by atoms with Crippen LogP contribution in [0.1, 0.15) is 21.6 Å². The molecule has 0 saturated carbocycles. The molecular weight excluding hydrogens is 589 g/mol. The summed E-state index contributed by atoms with van der Waals surface area (Å²) in [5.41, 5.74) is -2.88. The van der Waals surface area contributed by atoms with E-state index in [9.17, 15) is 40.3 Å². The van der Waals surface area contributed by atoms with E-state index in [4.69, 9.17) is 0 Å². The van der Waals surface area contributed by atoms with Crippen LogP contribution in [-0.4, -0.2) is 65.9 Å². The monoisotopic (exact) mass is 616 g/mol. The molecular formula is C28H27F7N4O2S. The Hall–Kier alpha value is -3.65. The number of rotatable bonds is 8. The number of nitrogens with one attached hydrogen (secondary N) is 1. The molecule has 42 heavy (non-hydrogen) atoms. The molecule has 0 bridgehead atoms. The van der Waals surface area contributed by atoms with Crippen molar-refractivity contribution in [1.29, 1.82) is 0 Å². The molecule has 0 radical (unpaired) electrons. The van der Waals surface area contributed by atoms with E-state index in [1.807, 2.05) is 22.4 Å². The molecule has 1 aliphatic heterocycles. The predicted octanol–water partition coefficient (Wildman–Crippen LogP) is 6.35. The molecule has 14 heteroatoms. The summed E-state index contributed by atoms with van der Waals surface area (Å²) in [6.07, 6.45) is -9.83. The van der Waals surface area contributed by atoms with E-state index in [-0.39, 0.29) is 43.8 Å². The zero-order valence-corrected chi connectivity index (χ0v) is 23.0. The maximum absolute atomic E-state index is 13.4. The van der Waals surface area contributed by atoms with Crippen LogP contribution in [0.3, 0.4) is 0 Å². The average molecular weight is 617 g/mol. The Kier molecular flexibility index (Phi) is 9.77. The number of alkyl halides is 6. The van der Waals surface area contributed by atoms with Crippen LogP contribution in [0.25, 0.3) is 0 Å². The van der Waals surface area contributed by atoms with Gasteiger partial charge in [-0.2, -0.15) is 26.3 Å². The molecule has 1 saturated heterocycles. The highest BCUT2D eigenvalue weighted by molar-refractivity contribution is 7.10. The number of hydrogen-bond donors (Lipinski definition) is 1. The third-order valence-corrected chi connectivity index (χ3v) is 7.61. The van der Waals surface area contributed by atoms with Gasteiger partial charge in [0.1, 0.15) is 5.82 Å². The van der Waals surface area contributed by atoms with Gasteiger partial charge in [-0.05, 0) is 47.3 Å². The van der Waals surface area contributed by atoms with Crippen molar-refractivity contribution in [1.82, 2.24) is 14.7 Å². The molecule has 1 fully saturated rings. The quantitative estimate of drug-likeness (QED) is 0.301. The van der Waals surface area contributed by atoms with Crippen LogP contribution in [-0.2, 0) is 30.1 Å². The van der Waals surface area contributed by atoms with Crippen LogP contribution in [0.4, 0.5) is 41.2 Å². The number of hydrogen-bond acceptors (Lipinski definition) is 4. The van der Waals surface area contributed by atoms with Crippen LogP contribution in [0.5, 0.6) is 0 Å². The predicted molar refractivity (Wildman–Crippen MR) is 143 cm³/mol. The molecule has 0 atom stereocenters. The lowest BCUT2D eigenvalue weighted by Gasteiger charge is -2.36. The lowest BCUT2D eigenvalue weighted by Crippen LogP contribution is -2.51. The van der Waals surface area contributed by atoms with Gasteiger partial charge in [0.15, 0.2) is 0 Å². The second-order valence-corrected chi connectivity index (χ2v) is 10.8. The standard InChI is InChI=1S/C28H27F7N4O2S/c29-22-5-3-19(4-6-22)18-39(25(40)17-24-2-1-13-42-24)12-9-37-7-10-38(11-8-37)26(41)36-23-15-20(27(30,31)32)14-21(16-23)28(33,34)35/h1-6,13-16H,7-12,17-18H2,(H,36,41). The molecule has 0 unspecified atom stereocenters. The third-order valence-electron chi connectivity index (χ3n) is 6.73. The van der Waals surface area contributed by atoms with Gasteiger partial charge in [-0.25, -0.2) is 9.18 Å². The number of halogens is 7. The Bertz CT molecular complexity index is 1320. The summed E-state index contributed by atoms with van der Waals surface area (Å²) in [4.78, 5) is 31.7. The number of carbonyl (C=O) groups is 2. The second kappa shape index (κ2) is 13.1. The summed E-state index contributed by atoms with van der Waals surface area (Å²) in [6.45, 7) is 2.23. The largest absolute Gasteiger partial charge is 0.416 e. The van der Waals surface area contributed by atoms with Crippen molar-refractivity contribution in [2.24, 2.45) is 0 Å². The molecule has 0 aliphatic carbocycles. The van der Waals surface area contributed by atoms with E-state index in [0.29, 0.717) is 38.3 Å². The normalized spacial score (nSPS) is 14.6. The first-order chi connectivity index (χ1) is 19.8. The van der Waals surface area contributed by atoms with E-state index in [0.717, 1.165) is 10.4 Å². The second-order valence-electron chi connectivity index (χ2n) is 9.75. The minimum Gasteiger partial charge on any atom is -0.337 e. The Balaban J connectivity index is 1.34. The molecule has 4 rings (SSSR count). The van der Waals surface area contributed by atoms with Crippen molar-refractivity contribution in [2.45, 2.75) is 25.3 Å². The van der Waals surface area contributed by atoms with Crippen molar-refractivity contribution >= 4 is 29.0 Å². The summed E-state index contributed by atoms with van der Waals surface area (Å²) in [6, 6.07) is 9.71. The van der Waals surface area contributed by atoms with Crippen LogP contribution in [0, 0.1) is 5.82 Å².